The Morgan fingerprint density at radius 1 is 1.17 bits per heavy atom. The molecule has 1 aromatic rings. The first-order valence-corrected chi connectivity index (χ1v) is 8.03. The van der Waals surface area contributed by atoms with E-state index in [0.29, 0.717) is 12.5 Å². The van der Waals surface area contributed by atoms with Gasteiger partial charge in [0.1, 0.15) is 5.75 Å². The Kier molecular flexibility index (Phi) is 7.59. The quantitative estimate of drug-likeness (QED) is 0.801. The number of nitrogens with one attached hydrogen (secondary N) is 1. The number of nitrogens with zero attached hydrogens (tertiary/aromatic N) is 1. The SMILES string of the molecule is CC(=O)N(C)CC(=O)N[C@H](C)c1ccc(OCCC(C)C)cc1. The molecule has 0 bridgehead atoms. The molecule has 0 spiro atoms. The van der Waals surface area contributed by atoms with Crippen LogP contribution >= 0.6 is 0 Å². The van der Waals surface area contributed by atoms with Crippen LogP contribution in [0, 0.1) is 5.92 Å². The van der Waals surface area contributed by atoms with Gasteiger partial charge in [-0.05, 0) is 37.0 Å². The molecule has 0 aliphatic heterocycles. The summed E-state index contributed by atoms with van der Waals surface area (Å²) < 4.78 is 5.68. The highest BCUT2D eigenvalue weighted by atomic mass is 16.5. The van der Waals surface area contributed by atoms with Gasteiger partial charge in [0.2, 0.25) is 11.8 Å². The molecule has 0 aliphatic rings. The number of benzene rings is 1. The summed E-state index contributed by atoms with van der Waals surface area (Å²) in [6, 6.07) is 7.61. The largest absolute Gasteiger partial charge is 0.494 e. The molecule has 0 aliphatic carbocycles. The molecule has 0 radical (unpaired) electrons. The molecule has 0 saturated heterocycles. The number of hydrogen-bond donors (Lipinski definition) is 1. The lowest BCUT2D eigenvalue weighted by atomic mass is 10.1. The first-order valence-electron chi connectivity index (χ1n) is 8.03. The summed E-state index contributed by atoms with van der Waals surface area (Å²) in [5.41, 5.74) is 1.00. The average Bonchev–Trinajstić information content (AvgIpc) is 2.47. The maximum atomic E-state index is 11.9. The average molecular weight is 320 g/mol. The number of carbonyl (C=O) groups is 2. The van der Waals surface area contributed by atoms with Gasteiger partial charge in [-0.1, -0.05) is 26.0 Å². The molecule has 0 aromatic heterocycles. The van der Waals surface area contributed by atoms with Crippen molar-refractivity contribution in [3.8, 4) is 5.75 Å². The van der Waals surface area contributed by atoms with E-state index in [-0.39, 0.29) is 24.4 Å². The summed E-state index contributed by atoms with van der Waals surface area (Å²) in [5, 5.41) is 2.89. The zero-order valence-electron chi connectivity index (χ0n) is 14.8. The molecule has 1 rings (SSSR count). The summed E-state index contributed by atoms with van der Waals surface area (Å²) in [4.78, 5) is 24.4. The minimum absolute atomic E-state index is 0.0655. The van der Waals surface area contributed by atoms with Gasteiger partial charge in [-0.3, -0.25) is 9.59 Å². The Balaban J connectivity index is 2.48. The zero-order valence-corrected chi connectivity index (χ0v) is 14.8. The molecule has 5 nitrogen and oxygen atoms in total. The van der Waals surface area contributed by atoms with E-state index < -0.39 is 0 Å². The summed E-state index contributed by atoms with van der Waals surface area (Å²) in [6.45, 7) is 8.46. The maximum Gasteiger partial charge on any atom is 0.240 e. The lowest BCUT2D eigenvalue weighted by molar-refractivity contribution is -0.133. The van der Waals surface area contributed by atoms with E-state index in [1.807, 2.05) is 31.2 Å². The third-order valence-corrected chi connectivity index (χ3v) is 3.64. The van der Waals surface area contributed by atoms with Crippen LogP contribution in [0.1, 0.15) is 45.7 Å². The highest BCUT2D eigenvalue weighted by Crippen LogP contribution is 2.18. The van der Waals surface area contributed by atoms with Crippen LogP contribution in [0.5, 0.6) is 5.75 Å². The number of ether oxygens (including phenoxy) is 1. The predicted octanol–water partition coefficient (Wildman–Crippen LogP) is 2.77. The monoisotopic (exact) mass is 320 g/mol. The molecule has 2 amide bonds. The van der Waals surface area contributed by atoms with Gasteiger partial charge in [0.15, 0.2) is 0 Å². The van der Waals surface area contributed by atoms with Gasteiger partial charge < -0.3 is 15.0 Å². The Hall–Kier alpha value is -2.04. The predicted molar refractivity (Wildman–Crippen MR) is 91.3 cm³/mol. The molecule has 0 fully saturated rings. The third-order valence-electron chi connectivity index (χ3n) is 3.64. The smallest absolute Gasteiger partial charge is 0.240 e. The number of amides is 2. The van der Waals surface area contributed by atoms with E-state index in [1.165, 1.54) is 11.8 Å². The van der Waals surface area contributed by atoms with Gasteiger partial charge in [-0.25, -0.2) is 0 Å². The second-order valence-corrected chi connectivity index (χ2v) is 6.26. The van der Waals surface area contributed by atoms with E-state index in [4.69, 9.17) is 4.74 Å². The minimum Gasteiger partial charge on any atom is -0.494 e. The molecular weight excluding hydrogens is 292 g/mol. The Morgan fingerprint density at radius 2 is 1.78 bits per heavy atom. The number of likely N-dealkylation sites (N-methyl/N-ethyl adjacent to an activating group) is 1. The lowest BCUT2D eigenvalue weighted by Crippen LogP contribution is -2.38. The van der Waals surface area contributed by atoms with E-state index in [0.717, 1.165) is 17.7 Å². The normalized spacial score (nSPS) is 11.9. The van der Waals surface area contributed by atoms with Crippen molar-refractivity contribution in [1.29, 1.82) is 0 Å². The van der Waals surface area contributed by atoms with Crippen LogP contribution in [0.15, 0.2) is 24.3 Å². The van der Waals surface area contributed by atoms with Crippen LogP contribution in [-0.4, -0.2) is 36.9 Å². The van der Waals surface area contributed by atoms with Crippen LogP contribution in [0.3, 0.4) is 0 Å². The number of hydrogen-bond acceptors (Lipinski definition) is 3. The molecule has 0 unspecified atom stereocenters. The number of carbonyl (C=O) groups excluding carboxylic acids is 2. The Bertz CT molecular complexity index is 512. The fraction of sp³-hybridized carbons (Fsp3) is 0.556. The zero-order chi connectivity index (χ0) is 17.4. The molecule has 0 heterocycles. The van der Waals surface area contributed by atoms with Crippen molar-refractivity contribution >= 4 is 11.8 Å². The van der Waals surface area contributed by atoms with E-state index >= 15 is 0 Å². The maximum absolute atomic E-state index is 11.9. The highest BCUT2D eigenvalue weighted by molar-refractivity contribution is 5.83. The molecule has 1 N–H and O–H groups in total. The number of rotatable bonds is 8. The van der Waals surface area contributed by atoms with Crippen molar-refractivity contribution in [1.82, 2.24) is 10.2 Å². The van der Waals surface area contributed by atoms with Gasteiger partial charge in [0, 0.05) is 14.0 Å². The molecule has 23 heavy (non-hydrogen) atoms. The van der Waals surface area contributed by atoms with Crippen LogP contribution in [0.2, 0.25) is 0 Å². The highest BCUT2D eigenvalue weighted by Gasteiger charge is 2.13. The van der Waals surface area contributed by atoms with Gasteiger partial charge in [-0.15, -0.1) is 0 Å². The second-order valence-electron chi connectivity index (χ2n) is 6.26. The van der Waals surface area contributed by atoms with Crippen molar-refractivity contribution in [2.75, 3.05) is 20.2 Å². The van der Waals surface area contributed by atoms with Crippen LogP contribution in [0.4, 0.5) is 0 Å². The van der Waals surface area contributed by atoms with Crippen molar-refractivity contribution < 1.29 is 14.3 Å². The standard InChI is InChI=1S/C18H28N2O3/c1-13(2)10-11-23-17-8-6-16(7-9-17)14(3)19-18(22)12-20(5)15(4)21/h6-9,13-14H,10-12H2,1-5H3,(H,19,22)/t14-/m1/s1. The lowest BCUT2D eigenvalue weighted by Gasteiger charge is -2.18. The fourth-order valence-electron chi connectivity index (χ4n) is 1.96. The minimum atomic E-state index is -0.174. The van der Waals surface area contributed by atoms with Gasteiger partial charge >= 0.3 is 0 Å². The van der Waals surface area contributed by atoms with E-state index in [9.17, 15) is 9.59 Å². The van der Waals surface area contributed by atoms with Gasteiger partial charge in [0.25, 0.3) is 0 Å². The third kappa shape index (κ3) is 7.17. The fourth-order valence-corrected chi connectivity index (χ4v) is 1.96. The van der Waals surface area contributed by atoms with Crippen molar-refractivity contribution in [2.24, 2.45) is 5.92 Å². The van der Waals surface area contributed by atoms with Crippen LogP contribution < -0.4 is 10.1 Å². The van der Waals surface area contributed by atoms with Crippen molar-refractivity contribution in [2.45, 2.75) is 40.2 Å². The molecule has 0 saturated carbocycles. The van der Waals surface area contributed by atoms with Gasteiger partial charge in [-0.2, -0.15) is 0 Å². The molecular formula is C18H28N2O3. The topological polar surface area (TPSA) is 58.6 Å². The Labute approximate surface area is 139 Å². The molecule has 128 valence electrons. The molecule has 1 aromatic carbocycles. The first kappa shape index (κ1) is 19.0. The summed E-state index contributed by atoms with van der Waals surface area (Å²) in [5.74, 6) is 1.16. The first-order chi connectivity index (χ1) is 10.8. The summed E-state index contributed by atoms with van der Waals surface area (Å²) in [7, 11) is 1.61. The van der Waals surface area contributed by atoms with Gasteiger partial charge in [0.05, 0.1) is 19.2 Å². The van der Waals surface area contributed by atoms with E-state index in [1.54, 1.807) is 7.05 Å². The van der Waals surface area contributed by atoms with Crippen molar-refractivity contribution in [3.05, 3.63) is 29.8 Å². The molecule has 5 heteroatoms. The van der Waals surface area contributed by atoms with E-state index in [2.05, 4.69) is 19.2 Å². The molecule has 1 atom stereocenters. The Morgan fingerprint density at radius 3 is 2.30 bits per heavy atom. The summed E-state index contributed by atoms with van der Waals surface area (Å²) in [6.07, 6.45) is 1.03. The summed E-state index contributed by atoms with van der Waals surface area (Å²) >= 11 is 0. The van der Waals surface area contributed by atoms with Crippen molar-refractivity contribution in [3.63, 3.8) is 0 Å². The second kappa shape index (κ2) is 9.18. The van der Waals surface area contributed by atoms with Crippen LogP contribution in [0.25, 0.3) is 0 Å². The van der Waals surface area contributed by atoms with Crippen LogP contribution in [-0.2, 0) is 9.59 Å².